The van der Waals surface area contributed by atoms with Crippen LogP contribution in [0.1, 0.15) is 54.1 Å². The van der Waals surface area contributed by atoms with Gasteiger partial charge in [-0.05, 0) is 46.4 Å². The van der Waals surface area contributed by atoms with Crippen molar-refractivity contribution >= 4 is 17.5 Å². The summed E-state index contributed by atoms with van der Waals surface area (Å²) in [6.45, 7) is 6.22. The number of hydrogen-bond acceptors (Lipinski definition) is 5. The molecule has 2 heterocycles. The van der Waals surface area contributed by atoms with Crippen LogP contribution in [-0.2, 0) is 16.6 Å². The Balaban J connectivity index is 1.62. The fourth-order valence-electron chi connectivity index (χ4n) is 3.70. The van der Waals surface area contributed by atoms with E-state index in [1.165, 1.54) is 6.07 Å². The van der Waals surface area contributed by atoms with Crippen molar-refractivity contribution in [2.24, 2.45) is 0 Å². The molecule has 8 nitrogen and oxygen atoms in total. The molecule has 2 amide bonds. The minimum absolute atomic E-state index is 0.252. The number of amides is 2. The molecule has 1 aliphatic heterocycles. The Kier molecular flexibility index (Phi) is 5.80. The third kappa shape index (κ3) is 4.82. The predicted octanol–water partition coefficient (Wildman–Crippen LogP) is 3.45. The van der Waals surface area contributed by atoms with E-state index in [-0.39, 0.29) is 11.4 Å². The average molecular weight is 453 g/mol. The van der Waals surface area contributed by atoms with Gasteiger partial charge in [-0.15, -0.1) is 0 Å². The summed E-state index contributed by atoms with van der Waals surface area (Å²) >= 11 is 0. The van der Waals surface area contributed by atoms with E-state index in [4.69, 9.17) is 9.26 Å². The fraction of sp³-hybridized carbons (Fsp3) is 0.292. The van der Waals surface area contributed by atoms with E-state index in [2.05, 4.69) is 10.6 Å². The van der Waals surface area contributed by atoms with Crippen LogP contribution >= 0.6 is 0 Å². The van der Waals surface area contributed by atoms with Crippen molar-refractivity contribution in [3.63, 3.8) is 0 Å². The number of ether oxygens (including phenoxy) is 1. The Labute approximate surface area is 189 Å². The second-order valence-corrected chi connectivity index (χ2v) is 8.88. The van der Waals surface area contributed by atoms with E-state index >= 15 is 0 Å². The second kappa shape index (κ2) is 8.57. The number of anilines is 1. The van der Waals surface area contributed by atoms with Gasteiger partial charge in [0.1, 0.15) is 17.6 Å². The Hall–Kier alpha value is -3.88. The molecule has 1 aliphatic rings. The number of nitrogens with one attached hydrogen (secondary N) is 3. The maximum atomic E-state index is 14.6. The van der Waals surface area contributed by atoms with E-state index < -0.39 is 34.6 Å². The summed E-state index contributed by atoms with van der Waals surface area (Å²) in [6.07, 6.45) is 0.678. The Bertz CT molecular complexity index is 1270. The SMILES string of the molecule is CC(C)(C)c1ccc(NC(=O)C(NC(=O)c2cc(=O)[nH]o2)c2ccc3c(c2)CCO3)cc1F. The van der Waals surface area contributed by atoms with E-state index in [1.54, 1.807) is 30.3 Å². The molecule has 1 unspecified atom stereocenters. The van der Waals surface area contributed by atoms with Crippen molar-refractivity contribution in [3.05, 3.63) is 81.1 Å². The predicted molar refractivity (Wildman–Crippen MR) is 119 cm³/mol. The van der Waals surface area contributed by atoms with E-state index in [0.717, 1.165) is 17.4 Å². The molecule has 172 valence electrons. The molecule has 4 rings (SSSR count). The maximum absolute atomic E-state index is 14.6. The van der Waals surface area contributed by atoms with Crippen molar-refractivity contribution < 1.29 is 23.2 Å². The number of hydrogen-bond donors (Lipinski definition) is 3. The van der Waals surface area contributed by atoms with Gasteiger partial charge in [0.15, 0.2) is 0 Å². The second-order valence-electron chi connectivity index (χ2n) is 8.88. The van der Waals surface area contributed by atoms with Gasteiger partial charge in [-0.2, -0.15) is 5.16 Å². The molecule has 3 aromatic rings. The molecule has 33 heavy (non-hydrogen) atoms. The first kappa shape index (κ1) is 22.3. The largest absolute Gasteiger partial charge is 0.493 e. The van der Waals surface area contributed by atoms with Crippen LogP contribution in [-0.4, -0.2) is 23.6 Å². The molecule has 3 N–H and O–H groups in total. The highest BCUT2D eigenvalue weighted by Crippen LogP contribution is 2.30. The van der Waals surface area contributed by atoms with Crippen LogP contribution in [0.25, 0.3) is 0 Å². The number of carbonyl (C=O) groups excluding carboxylic acids is 2. The molecule has 0 saturated carbocycles. The van der Waals surface area contributed by atoms with Crippen LogP contribution in [0, 0.1) is 5.82 Å². The third-order valence-corrected chi connectivity index (χ3v) is 5.38. The molecule has 0 bridgehead atoms. The third-order valence-electron chi connectivity index (χ3n) is 5.38. The highest BCUT2D eigenvalue weighted by Gasteiger charge is 2.27. The molecular weight excluding hydrogens is 429 g/mol. The lowest BCUT2D eigenvalue weighted by Crippen LogP contribution is -2.37. The zero-order valence-electron chi connectivity index (χ0n) is 18.5. The number of H-pyrrole nitrogens is 1. The molecule has 0 saturated heterocycles. The summed E-state index contributed by atoms with van der Waals surface area (Å²) in [6, 6.07) is 9.53. The molecule has 0 fully saturated rings. The summed E-state index contributed by atoms with van der Waals surface area (Å²) in [5.74, 6) is -1.31. The zero-order valence-corrected chi connectivity index (χ0v) is 18.5. The monoisotopic (exact) mass is 453 g/mol. The van der Waals surface area contributed by atoms with E-state index in [1.807, 2.05) is 25.9 Å². The van der Waals surface area contributed by atoms with Crippen molar-refractivity contribution in [2.75, 3.05) is 11.9 Å². The molecular formula is C24H24FN3O5. The molecule has 0 radical (unpaired) electrons. The van der Waals surface area contributed by atoms with Gasteiger partial charge in [0.2, 0.25) is 5.76 Å². The number of carbonyl (C=O) groups is 2. The standard InChI is InChI=1S/C24H24FN3O5/c1-24(2,3)16-6-5-15(11-17(16)25)26-23(31)21(27-22(30)19-12-20(29)28-33-19)14-4-7-18-13(10-14)8-9-32-18/h4-7,10-12,21H,8-9H2,1-3H3,(H,26,31)(H,27,30)(H,28,29). The average Bonchev–Trinajstić information content (AvgIpc) is 3.39. The Morgan fingerprint density at radius 1 is 1.12 bits per heavy atom. The van der Waals surface area contributed by atoms with E-state index in [9.17, 15) is 18.8 Å². The smallest absolute Gasteiger partial charge is 0.290 e. The molecule has 1 aromatic heterocycles. The number of fused-ring (bicyclic) bond motifs is 1. The minimum Gasteiger partial charge on any atom is -0.493 e. The molecule has 2 aromatic carbocycles. The minimum atomic E-state index is -1.13. The van der Waals surface area contributed by atoms with Gasteiger partial charge in [0.25, 0.3) is 17.4 Å². The van der Waals surface area contributed by atoms with Crippen LogP contribution in [0.3, 0.4) is 0 Å². The summed E-state index contributed by atoms with van der Waals surface area (Å²) in [4.78, 5) is 37.1. The van der Waals surface area contributed by atoms with Crippen LogP contribution in [0.2, 0.25) is 0 Å². The van der Waals surface area contributed by atoms with Gasteiger partial charge in [-0.25, -0.2) is 4.39 Å². The summed E-state index contributed by atoms with van der Waals surface area (Å²) in [5.41, 5.74) is 1.22. The Morgan fingerprint density at radius 2 is 1.91 bits per heavy atom. The molecule has 0 aliphatic carbocycles. The maximum Gasteiger partial charge on any atom is 0.290 e. The molecule has 9 heteroatoms. The van der Waals surface area contributed by atoms with Gasteiger partial charge in [-0.1, -0.05) is 32.9 Å². The topological polar surface area (TPSA) is 113 Å². The van der Waals surface area contributed by atoms with Gasteiger partial charge in [0.05, 0.1) is 12.7 Å². The van der Waals surface area contributed by atoms with Crippen LogP contribution in [0.15, 0.2) is 51.8 Å². The molecule has 1 atom stereocenters. The highest BCUT2D eigenvalue weighted by molar-refractivity contribution is 6.00. The van der Waals surface area contributed by atoms with Gasteiger partial charge < -0.3 is 19.9 Å². The van der Waals surface area contributed by atoms with Crippen molar-refractivity contribution in [1.29, 1.82) is 0 Å². The lowest BCUT2D eigenvalue weighted by atomic mass is 9.86. The number of aromatic nitrogens is 1. The summed E-state index contributed by atoms with van der Waals surface area (Å²) in [7, 11) is 0. The zero-order chi connectivity index (χ0) is 23.8. The first-order valence-corrected chi connectivity index (χ1v) is 10.5. The van der Waals surface area contributed by atoms with Crippen molar-refractivity contribution in [1.82, 2.24) is 10.5 Å². The first-order chi connectivity index (χ1) is 15.6. The Morgan fingerprint density at radius 3 is 2.58 bits per heavy atom. The quantitative estimate of drug-likeness (QED) is 0.548. The van der Waals surface area contributed by atoms with Crippen molar-refractivity contribution in [3.8, 4) is 5.75 Å². The normalized spacial score (nSPS) is 13.7. The van der Waals surface area contributed by atoms with E-state index in [0.29, 0.717) is 24.2 Å². The van der Waals surface area contributed by atoms with Crippen molar-refractivity contribution in [2.45, 2.75) is 38.6 Å². The summed E-state index contributed by atoms with van der Waals surface area (Å²) < 4.78 is 25.0. The van der Waals surface area contributed by atoms with Gasteiger partial charge in [-0.3, -0.25) is 14.4 Å². The number of halogens is 1. The lowest BCUT2D eigenvalue weighted by Gasteiger charge is -2.21. The first-order valence-electron chi connectivity index (χ1n) is 10.5. The highest BCUT2D eigenvalue weighted by atomic mass is 19.1. The molecule has 0 spiro atoms. The van der Waals surface area contributed by atoms with Crippen LogP contribution < -0.4 is 20.9 Å². The van der Waals surface area contributed by atoms with Gasteiger partial charge in [0, 0.05) is 12.1 Å². The van der Waals surface area contributed by atoms with Gasteiger partial charge >= 0.3 is 0 Å². The van der Waals surface area contributed by atoms with Crippen LogP contribution in [0.5, 0.6) is 5.75 Å². The fourth-order valence-corrected chi connectivity index (χ4v) is 3.70. The number of rotatable bonds is 5. The summed E-state index contributed by atoms with van der Waals surface area (Å²) in [5, 5.41) is 7.29. The van der Waals surface area contributed by atoms with Crippen LogP contribution in [0.4, 0.5) is 10.1 Å². The number of aromatic amines is 1. The number of benzene rings is 2. The lowest BCUT2D eigenvalue weighted by molar-refractivity contribution is -0.118.